The molecule has 1 aromatic heterocycles. The van der Waals surface area contributed by atoms with Gasteiger partial charge in [0.25, 0.3) is 0 Å². The monoisotopic (exact) mass is 366 g/mol. The molecule has 27 heavy (non-hydrogen) atoms. The van der Waals surface area contributed by atoms with Crippen LogP contribution in [0.4, 0.5) is 0 Å². The second kappa shape index (κ2) is 6.24. The van der Waals surface area contributed by atoms with Crippen molar-refractivity contribution in [2.45, 2.75) is 6.61 Å². The van der Waals surface area contributed by atoms with Gasteiger partial charge >= 0.3 is 5.97 Å². The molecular formula is C19H14N2O6. The minimum Gasteiger partial charge on any atom is -0.457 e. The topological polar surface area (TPSA) is 91.9 Å². The fraction of sp³-hybridized carbons (Fsp3) is 0.158. The van der Waals surface area contributed by atoms with E-state index in [1.165, 1.54) is 6.20 Å². The molecule has 0 unspecified atom stereocenters. The van der Waals surface area contributed by atoms with Gasteiger partial charge in [-0.25, -0.2) is 4.79 Å². The third-order valence-electron chi connectivity index (χ3n) is 4.33. The molecule has 8 nitrogen and oxygen atoms in total. The van der Waals surface area contributed by atoms with Crippen LogP contribution in [0.5, 0.6) is 23.0 Å². The number of H-pyrrole nitrogens is 1. The van der Waals surface area contributed by atoms with Crippen molar-refractivity contribution in [3.63, 3.8) is 0 Å². The number of carbonyl (C=O) groups excluding carboxylic acids is 1. The van der Waals surface area contributed by atoms with E-state index in [9.17, 15) is 4.79 Å². The van der Waals surface area contributed by atoms with Crippen LogP contribution in [0.1, 0.15) is 15.9 Å². The average Bonchev–Trinajstić information content (AvgIpc) is 3.44. The molecule has 2 aliphatic heterocycles. The maximum Gasteiger partial charge on any atom is 0.342 e. The lowest BCUT2D eigenvalue weighted by molar-refractivity contribution is 0.0473. The van der Waals surface area contributed by atoms with Crippen LogP contribution in [0.15, 0.2) is 42.6 Å². The number of fused-ring (bicyclic) bond motifs is 2. The van der Waals surface area contributed by atoms with E-state index in [1.54, 1.807) is 24.3 Å². The molecule has 0 radical (unpaired) electrons. The van der Waals surface area contributed by atoms with E-state index in [0.717, 1.165) is 11.1 Å². The van der Waals surface area contributed by atoms with Crippen molar-refractivity contribution in [3.8, 4) is 34.3 Å². The summed E-state index contributed by atoms with van der Waals surface area (Å²) >= 11 is 0. The smallest absolute Gasteiger partial charge is 0.342 e. The van der Waals surface area contributed by atoms with Crippen LogP contribution < -0.4 is 18.9 Å². The second-order valence-electron chi connectivity index (χ2n) is 5.99. The third-order valence-corrected chi connectivity index (χ3v) is 4.33. The molecule has 3 heterocycles. The lowest BCUT2D eigenvalue weighted by atomic mass is 10.1. The van der Waals surface area contributed by atoms with E-state index in [4.69, 9.17) is 23.7 Å². The lowest BCUT2D eigenvalue weighted by Crippen LogP contribution is -2.05. The van der Waals surface area contributed by atoms with Crippen molar-refractivity contribution in [2.24, 2.45) is 0 Å². The summed E-state index contributed by atoms with van der Waals surface area (Å²) in [6, 6.07) is 10.8. The summed E-state index contributed by atoms with van der Waals surface area (Å²) in [5.41, 5.74) is 2.46. The van der Waals surface area contributed by atoms with Gasteiger partial charge in [-0.2, -0.15) is 5.10 Å². The summed E-state index contributed by atoms with van der Waals surface area (Å²) in [5.74, 6) is 2.15. The van der Waals surface area contributed by atoms with Gasteiger partial charge in [0.1, 0.15) is 12.2 Å². The van der Waals surface area contributed by atoms with Gasteiger partial charge in [0.2, 0.25) is 13.6 Å². The molecule has 0 bridgehead atoms. The Labute approximate surface area is 153 Å². The summed E-state index contributed by atoms with van der Waals surface area (Å²) in [7, 11) is 0. The predicted molar refractivity (Wildman–Crippen MR) is 91.8 cm³/mol. The van der Waals surface area contributed by atoms with Gasteiger partial charge in [0.05, 0.1) is 11.9 Å². The average molecular weight is 366 g/mol. The quantitative estimate of drug-likeness (QED) is 0.710. The first kappa shape index (κ1) is 15.6. The summed E-state index contributed by atoms with van der Waals surface area (Å²) < 4.78 is 26.7. The summed E-state index contributed by atoms with van der Waals surface area (Å²) in [5, 5.41) is 6.82. The van der Waals surface area contributed by atoms with E-state index in [2.05, 4.69) is 10.2 Å². The molecule has 2 aromatic carbocycles. The highest BCUT2D eigenvalue weighted by Gasteiger charge is 2.20. The standard InChI is InChI=1S/C19H14N2O6/c22-19(23-8-11-1-3-14-16(5-11)26-9-24-14)13-7-20-21-18(13)12-2-4-15-17(6-12)27-10-25-15/h1-7H,8-10H2,(H,20,21). The zero-order chi connectivity index (χ0) is 18.2. The summed E-state index contributed by atoms with van der Waals surface area (Å²) in [6.45, 7) is 0.500. The number of carbonyl (C=O) groups is 1. The van der Waals surface area contributed by atoms with Crippen LogP contribution in [0.3, 0.4) is 0 Å². The highest BCUT2D eigenvalue weighted by molar-refractivity contribution is 5.96. The van der Waals surface area contributed by atoms with Crippen molar-refractivity contribution < 1.29 is 28.5 Å². The maximum absolute atomic E-state index is 12.5. The molecule has 0 saturated heterocycles. The first-order chi connectivity index (χ1) is 13.3. The molecule has 2 aliphatic rings. The fourth-order valence-electron chi connectivity index (χ4n) is 2.97. The lowest BCUT2D eigenvalue weighted by Gasteiger charge is -2.07. The Hall–Kier alpha value is -3.68. The Bertz CT molecular complexity index is 1030. The molecule has 0 amide bonds. The van der Waals surface area contributed by atoms with Gasteiger partial charge in [0, 0.05) is 5.56 Å². The number of aromatic nitrogens is 2. The molecule has 136 valence electrons. The molecule has 0 saturated carbocycles. The van der Waals surface area contributed by atoms with E-state index >= 15 is 0 Å². The Balaban J connectivity index is 1.33. The number of rotatable bonds is 4. The van der Waals surface area contributed by atoms with Crippen LogP contribution in [0, 0.1) is 0 Å². The van der Waals surface area contributed by atoms with Crippen LogP contribution in [0.2, 0.25) is 0 Å². The van der Waals surface area contributed by atoms with Crippen molar-refractivity contribution in [3.05, 3.63) is 53.7 Å². The molecule has 0 aliphatic carbocycles. The Morgan fingerprint density at radius 3 is 2.48 bits per heavy atom. The highest BCUT2D eigenvalue weighted by atomic mass is 16.7. The Kier molecular flexibility index (Phi) is 3.60. The minimum atomic E-state index is -0.478. The number of esters is 1. The van der Waals surface area contributed by atoms with Crippen molar-refractivity contribution in [1.82, 2.24) is 10.2 Å². The number of hydrogen-bond donors (Lipinski definition) is 1. The third kappa shape index (κ3) is 2.80. The number of nitrogens with zero attached hydrogens (tertiary/aromatic N) is 1. The van der Waals surface area contributed by atoms with E-state index in [-0.39, 0.29) is 20.2 Å². The normalized spacial score (nSPS) is 13.6. The molecule has 8 heteroatoms. The summed E-state index contributed by atoms with van der Waals surface area (Å²) in [4.78, 5) is 12.5. The first-order valence-electron chi connectivity index (χ1n) is 8.27. The summed E-state index contributed by atoms with van der Waals surface area (Å²) in [6.07, 6.45) is 1.45. The number of hydrogen-bond acceptors (Lipinski definition) is 7. The molecule has 0 spiro atoms. The van der Waals surface area contributed by atoms with Crippen molar-refractivity contribution in [2.75, 3.05) is 13.6 Å². The highest BCUT2D eigenvalue weighted by Crippen LogP contribution is 2.36. The van der Waals surface area contributed by atoms with Gasteiger partial charge in [-0.3, -0.25) is 5.10 Å². The fourth-order valence-corrected chi connectivity index (χ4v) is 2.97. The minimum absolute atomic E-state index is 0.112. The second-order valence-corrected chi connectivity index (χ2v) is 5.99. The van der Waals surface area contributed by atoms with Crippen LogP contribution in [-0.2, 0) is 11.3 Å². The molecule has 3 aromatic rings. The van der Waals surface area contributed by atoms with Crippen LogP contribution >= 0.6 is 0 Å². The van der Waals surface area contributed by atoms with E-state index in [1.807, 2.05) is 12.1 Å². The first-order valence-corrected chi connectivity index (χ1v) is 8.27. The molecule has 0 atom stereocenters. The molecule has 5 rings (SSSR count). The number of ether oxygens (including phenoxy) is 5. The van der Waals surface area contributed by atoms with Gasteiger partial charge in [-0.05, 0) is 35.9 Å². The van der Waals surface area contributed by atoms with E-state index in [0.29, 0.717) is 34.3 Å². The largest absolute Gasteiger partial charge is 0.457 e. The Morgan fingerprint density at radius 2 is 1.67 bits per heavy atom. The maximum atomic E-state index is 12.5. The van der Waals surface area contributed by atoms with Crippen LogP contribution in [0.25, 0.3) is 11.3 Å². The van der Waals surface area contributed by atoms with Crippen molar-refractivity contribution >= 4 is 5.97 Å². The zero-order valence-electron chi connectivity index (χ0n) is 14.1. The van der Waals surface area contributed by atoms with Gasteiger partial charge in [0.15, 0.2) is 23.0 Å². The Morgan fingerprint density at radius 1 is 0.963 bits per heavy atom. The number of aromatic amines is 1. The van der Waals surface area contributed by atoms with Crippen molar-refractivity contribution in [1.29, 1.82) is 0 Å². The molecular weight excluding hydrogens is 352 g/mol. The van der Waals surface area contributed by atoms with Gasteiger partial charge < -0.3 is 23.7 Å². The van der Waals surface area contributed by atoms with Gasteiger partial charge in [-0.1, -0.05) is 6.07 Å². The van der Waals surface area contributed by atoms with Crippen LogP contribution in [-0.4, -0.2) is 29.8 Å². The predicted octanol–water partition coefficient (Wildman–Crippen LogP) is 2.89. The molecule has 1 N–H and O–H groups in total. The molecule has 0 fully saturated rings. The zero-order valence-corrected chi connectivity index (χ0v) is 14.1. The number of benzene rings is 2. The van der Waals surface area contributed by atoms with E-state index < -0.39 is 5.97 Å². The van der Waals surface area contributed by atoms with Gasteiger partial charge in [-0.15, -0.1) is 0 Å². The SMILES string of the molecule is O=C(OCc1ccc2c(c1)OCO2)c1cn[nH]c1-c1ccc2c(c1)OCO2. The number of nitrogens with one attached hydrogen (secondary N) is 1.